The molecule has 3 aliphatic heterocycles. The molecular formula is C24H28N4O3. The maximum absolute atomic E-state index is 13.4. The van der Waals surface area contributed by atoms with Crippen LogP contribution in [-0.4, -0.2) is 63.0 Å². The summed E-state index contributed by atoms with van der Waals surface area (Å²) in [5.74, 6) is -0.146. The number of benzene rings is 1. The Morgan fingerprint density at radius 1 is 1.32 bits per heavy atom. The van der Waals surface area contributed by atoms with Gasteiger partial charge in [0.25, 0.3) is 0 Å². The van der Waals surface area contributed by atoms with Crippen LogP contribution in [0.4, 0.5) is 0 Å². The van der Waals surface area contributed by atoms with E-state index in [9.17, 15) is 9.59 Å². The van der Waals surface area contributed by atoms with E-state index in [1.807, 2.05) is 34.9 Å². The lowest BCUT2D eigenvalue weighted by Crippen LogP contribution is -2.44. The fourth-order valence-electron chi connectivity index (χ4n) is 5.16. The third-order valence-electron chi connectivity index (χ3n) is 6.93. The molecule has 2 aromatic rings. The summed E-state index contributed by atoms with van der Waals surface area (Å²) in [5.41, 5.74) is 1.76. The van der Waals surface area contributed by atoms with Crippen molar-refractivity contribution in [3.8, 4) is 0 Å². The normalized spacial score (nSPS) is 28.4. The highest BCUT2D eigenvalue weighted by molar-refractivity contribution is 5.93. The van der Waals surface area contributed by atoms with Crippen LogP contribution in [0.3, 0.4) is 0 Å². The Hall–Kier alpha value is -2.93. The molecule has 2 fully saturated rings. The van der Waals surface area contributed by atoms with E-state index in [1.54, 1.807) is 18.1 Å². The van der Waals surface area contributed by atoms with E-state index < -0.39 is 17.4 Å². The molecule has 2 bridgehead atoms. The van der Waals surface area contributed by atoms with Gasteiger partial charge in [0.1, 0.15) is 11.4 Å². The number of fused-ring (bicyclic) bond motifs is 1. The molecule has 1 spiro atoms. The van der Waals surface area contributed by atoms with E-state index >= 15 is 0 Å². The van der Waals surface area contributed by atoms with Crippen LogP contribution in [0, 0.1) is 18.8 Å². The first-order valence-corrected chi connectivity index (χ1v) is 10.8. The highest BCUT2D eigenvalue weighted by Crippen LogP contribution is 2.52. The van der Waals surface area contributed by atoms with Crippen molar-refractivity contribution in [3.63, 3.8) is 0 Å². The van der Waals surface area contributed by atoms with E-state index in [1.165, 1.54) is 11.1 Å². The van der Waals surface area contributed by atoms with E-state index in [4.69, 9.17) is 4.74 Å². The Labute approximate surface area is 182 Å². The molecule has 0 unspecified atom stereocenters. The predicted molar refractivity (Wildman–Crippen MR) is 115 cm³/mol. The van der Waals surface area contributed by atoms with Crippen LogP contribution in [0.1, 0.15) is 17.0 Å². The first-order chi connectivity index (χ1) is 14.9. The van der Waals surface area contributed by atoms with Crippen LogP contribution < -0.4 is 0 Å². The van der Waals surface area contributed by atoms with Gasteiger partial charge in [-0.15, -0.1) is 0 Å². The summed E-state index contributed by atoms with van der Waals surface area (Å²) >= 11 is 0. The van der Waals surface area contributed by atoms with Crippen molar-refractivity contribution in [2.45, 2.75) is 31.6 Å². The smallest absolute Gasteiger partial charge is 0.230 e. The standard InChI is InChI=1S/C24H28N4O3/c1-16-4-6-17(7-5-16)9-12-28-15-24-10-8-18(31-24)20(21(24)23(28)30)22(29)27(3)14-19-25-11-13-26(19)2/h4-8,10-11,13,18,20-21H,9,12,14-15H2,1-3H3/t18-,20-,21-,24-/m0/s1. The van der Waals surface area contributed by atoms with E-state index in [2.05, 4.69) is 36.2 Å². The van der Waals surface area contributed by atoms with Crippen LogP contribution in [0.25, 0.3) is 0 Å². The predicted octanol–water partition coefficient (Wildman–Crippen LogP) is 1.71. The van der Waals surface area contributed by atoms with Crippen LogP contribution >= 0.6 is 0 Å². The molecule has 4 atom stereocenters. The third kappa shape index (κ3) is 3.28. The second-order valence-electron chi connectivity index (χ2n) is 9.04. The number of ether oxygens (including phenoxy) is 1. The molecule has 2 saturated heterocycles. The lowest BCUT2D eigenvalue weighted by molar-refractivity contribution is -0.142. The second-order valence-corrected chi connectivity index (χ2v) is 9.04. The van der Waals surface area contributed by atoms with Gasteiger partial charge in [0.2, 0.25) is 11.8 Å². The molecule has 0 saturated carbocycles. The van der Waals surface area contributed by atoms with Crippen molar-refractivity contribution in [3.05, 3.63) is 65.8 Å². The Balaban J connectivity index is 1.31. The number of amides is 2. The van der Waals surface area contributed by atoms with Gasteiger partial charge in [-0.25, -0.2) is 4.98 Å². The molecule has 1 aromatic heterocycles. The molecule has 31 heavy (non-hydrogen) atoms. The number of carbonyl (C=O) groups is 2. The highest BCUT2D eigenvalue weighted by Gasteiger charge is 2.66. The van der Waals surface area contributed by atoms with Crippen molar-refractivity contribution in [1.29, 1.82) is 0 Å². The minimum absolute atomic E-state index is 0.0303. The summed E-state index contributed by atoms with van der Waals surface area (Å²) in [7, 11) is 3.68. The summed E-state index contributed by atoms with van der Waals surface area (Å²) in [6, 6.07) is 8.40. The highest BCUT2D eigenvalue weighted by atomic mass is 16.5. The first-order valence-electron chi connectivity index (χ1n) is 10.8. The number of carbonyl (C=O) groups excluding carboxylic acids is 2. The van der Waals surface area contributed by atoms with Gasteiger partial charge in [-0.3, -0.25) is 9.59 Å². The molecule has 0 N–H and O–H groups in total. The van der Waals surface area contributed by atoms with Crippen molar-refractivity contribution in [2.75, 3.05) is 20.1 Å². The zero-order chi connectivity index (χ0) is 21.8. The fourth-order valence-corrected chi connectivity index (χ4v) is 5.16. The molecule has 7 nitrogen and oxygen atoms in total. The van der Waals surface area contributed by atoms with Crippen molar-refractivity contribution in [1.82, 2.24) is 19.4 Å². The molecule has 0 aliphatic carbocycles. The number of hydrogen-bond donors (Lipinski definition) is 0. The van der Waals surface area contributed by atoms with Gasteiger partial charge in [0, 0.05) is 33.0 Å². The summed E-state index contributed by atoms with van der Waals surface area (Å²) < 4.78 is 8.15. The maximum atomic E-state index is 13.4. The van der Waals surface area contributed by atoms with Crippen molar-refractivity contribution < 1.29 is 14.3 Å². The summed E-state index contributed by atoms with van der Waals surface area (Å²) in [4.78, 5) is 34.6. The minimum Gasteiger partial charge on any atom is -0.360 e. The minimum atomic E-state index is -0.667. The molecule has 5 rings (SSSR count). The monoisotopic (exact) mass is 420 g/mol. The summed E-state index contributed by atoms with van der Waals surface area (Å²) in [5, 5.41) is 0. The number of rotatable bonds is 6. The maximum Gasteiger partial charge on any atom is 0.230 e. The Bertz CT molecular complexity index is 1040. The number of imidazole rings is 1. The van der Waals surface area contributed by atoms with Crippen molar-refractivity contribution in [2.24, 2.45) is 18.9 Å². The quantitative estimate of drug-likeness (QED) is 0.668. The molecule has 4 heterocycles. The number of nitrogens with zero attached hydrogens (tertiary/aromatic N) is 4. The van der Waals surface area contributed by atoms with Crippen molar-refractivity contribution >= 4 is 11.8 Å². The van der Waals surface area contributed by atoms with Crippen LogP contribution in [0.15, 0.2) is 48.8 Å². The van der Waals surface area contributed by atoms with Gasteiger partial charge < -0.3 is 19.1 Å². The average Bonchev–Trinajstić information content (AvgIpc) is 3.49. The SMILES string of the molecule is Cc1ccc(CCN2C[C@]34C=C[C@H](O3)[C@H](C(=O)N(C)Cc3nccn3C)[C@H]4C2=O)cc1. The zero-order valence-electron chi connectivity index (χ0n) is 18.2. The number of aryl methyl sites for hydroxylation is 2. The Morgan fingerprint density at radius 2 is 2.10 bits per heavy atom. The zero-order valence-corrected chi connectivity index (χ0v) is 18.2. The largest absolute Gasteiger partial charge is 0.360 e. The van der Waals surface area contributed by atoms with Crippen LogP contribution in [-0.2, 0) is 34.3 Å². The number of hydrogen-bond acceptors (Lipinski definition) is 4. The fraction of sp³-hybridized carbons (Fsp3) is 0.458. The topological polar surface area (TPSA) is 67.7 Å². The molecule has 7 heteroatoms. The van der Waals surface area contributed by atoms with Crippen LogP contribution in [0.5, 0.6) is 0 Å². The number of aromatic nitrogens is 2. The van der Waals surface area contributed by atoms with E-state index in [-0.39, 0.29) is 17.9 Å². The number of likely N-dealkylation sites (tertiary alicyclic amines) is 1. The summed E-state index contributed by atoms with van der Waals surface area (Å²) in [6.45, 7) is 3.62. The lowest BCUT2D eigenvalue weighted by atomic mass is 9.76. The van der Waals surface area contributed by atoms with Gasteiger partial charge in [0.05, 0.1) is 31.0 Å². The molecular weight excluding hydrogens is 392 g/mol. The third-order valence-corrected chi connectivity index (χ3v) is 6.93. The Kier molecular flexibility index (Phi) is 4.73. The summed E-state index contributed by atoms with van der Waals surface area (Å²) in [6.07, 6.45) is 8.01. The lowest BCUT2D eigenvalue weighted by Gasteiger charge is -2.27. The molecule has 162 valence electrons. The van der Waals surface area contributed by atoms with E-state index in [0.717, 1.165) is 12.2 Å². The average molecular weight is 421 g/mol. The molecule has 2 amide bonds. The van der Waals surface area contributed by atoms with Gasteiger partial charge in [-0.1, -0.05) is 42.0 Å². The second kappa shape index (κ2) is 7.34. The van der Waals surface area contributed by atoms with Gasteiger partial charge in [0.15, 0.2) is 0 Å². The van der Waals surface area contributed by atoms with E-state index in [0.29, 0.717) is 19.6 Å². The molecule has 1 aromatic carbocycles. The molecule has 3 aliphatic rings. The Morgan fingerprint density at radius 3 is 2.81 bits per heavy atom. The molecule has 0 radical (unpaired) electrons. The van der Waals surface area contributed by atoms with Gasteiger partial charge in [-0.2, -0.15) is 0 Å². The first kappa shape index (κ1) is 20.0. The van der Waals surface area contributed by atoms with Gasteiger partial charge in [-0.05, 0) is 18.9 Å². The van der Waals surface area contributed by atoms with Gasteiger partial charge >= 0.3 is 0 Å². The van der Waals surface area contributed by atoms with Crippen LogP contribution in [0.2, 0.25) is 0 Å².